The van der Waals surface area contributed by atoms with Crippen LogP contribution in [0.4, 0.5) is 13.2 Å². The van der Waals surface area contributed by atoms with Gasteiger partial charge in [-0.25, -0.2) is 0 Å². The third kappa shape index (κ3) is 6.58. The number of allylic oxidation sites excluding steroid dienone is 3. The van der Waals surface area contributed by atoms with Crippen LogP contribution in [0, 0.1) is 11.8 Å². The average Bonchev–Trinajstić information content (AvgIpc) is 2.66. The van der Waals surface area contributed by atoms with Gasteiger partial charge >= 0.3 is 6.18 Å². The number of halogens is 3. The van der Waals surface area contributed by atoms with Gasteiger partial charge in [0.15, 0.2) is 0 Å². The zero-order chi connectivity index (χ0) is 21.4. The number of carboxylic acids is 1. The molecule has 0 saturated carbocycles. The Morgan fingerprint density at radius 1 is 1.10 bits per heavy atom. The number of carbonyl (C=O) groups is 1. The summed E-state index contributed by atoms with van der Waals surface area (Å²) in [5.41, 5.74) is 3.89. The van der Waals surface area contributed by atoms with Gasteiger partial charge in [0.25, 0.3) is 5.97 Å². The van der Waals surface area contributed by atoms with Crippen molar-refractivity contribution < 1.29 is 27.8 Å². The van der Waals surface area contributed by atoms with Crippen LogP contribution >= 0.6 is 0 Å². The molecule has 1 N–H and O–H groups in total. The molecule has 0 amide bonds. The summed E-state index contributed by atoms with van der Waals surface area (Å²) in [6.07, 6.45) is 2.27. The topological polar surface area (TPSA) is 46.5 Å². The number of carboxylic acid groups (broad SMARTS) is 1. The highest BCUT2D eigenvalue weighted by atomic mass is 19.4. The number of fused-ring (bicyclic) bond motifs is 1. The molecule has 0 unspecified atom stereocenters. The maximum atomic E-state index is 12.6. The molecule has 0 fully saturated rings. The molecule has 29 heavy (non-hydrogen) atoms. The second kappa shape index (κ2) is 9.65. The number of rotatable bonds is 1. The predicted octanol–water partition coefficient (Wildman–Crippen LogP) is 5.30. The summed E-state index contributed by atoms with van der Waals surface area (Å²) in [5.74, 6) is 5.08. The van der Waals surface area contributed by atoms with E-state index in [-0.39, 0.29) is 0 Å². The summed E-state index contributed by atoms with van der Waals surface area (Å²) < 4.78 is 42.8. The molecule has 2 aromatic rings. The number of aliphatic carboxylic acids is 1. The Labute approximate surface area is 167 Å². The van der Waals surface area contributed by atoms with Crippen LogP contribution in [0.5, 0.6) is 0 Å². The van der Waals surface area contributed by atoms with E-state index in [0.29, 0.717) is 5.56 Å². The van der Waals surface area contributed by atoms with Crippen LogP contribution in [0.1, 0.15) is 34.7 Å². The molecule has 6 heteroatoms. The van der Waals surface area contributed by atoms with Gasteiger partial charge in [0.1, 0.15) is 0 Å². The maximum absolute atomic E-state index is 12.6. The molecular formula is C23H19F3O3. The van der Waals surface area contributed by atoms with E-state index >= 15 is 0 Å². The van der Waals surface area contributed by atoms with Crippen LogP contribution in [-0.2, 0) is 22.1 Å². The van der Waals surface area contributed by atoms with Crippen LogP contribution in [-0.4, -0.2) is 18.2 Å². The average molecular weight is 400 g/mol. The van der Waals surface area contributed by atoms with Gasteiger partial charge in [0, 0.05) is 23.6 Å². The van der Waals surface area contributed by atoms with Crippen LogP contribution in [0.15, 0.2) is 60.9 Å². The molecular weight excluding hydrogens is 381 g/mol. The first kappa shape index (κ1) is 21.8. The van der Waals surface area contributed by atoms with E-state index in [1.807, 2.05) is 24.3 Å². The molecule has 0 bridgehead atoms. The van der Waals surface area contributed by atoms with Gasteiger partial charge in [0.2, 0.25) is 0 Å². The first-order chi connectivity index (χ1) is 13.7. The van der Waals surface area contributed by atoms with Gasteiger partial charge < -0.3 is 9.84 Å². The first-order valence-corrected chi connectivity index (χ1v) is 8.62. The van der Waals surface area contributed by atoms with Gasteiger partial charge in [0.05, 0.1) is 18.9 Å². The van der Waals surface area contributed by atoms with E-state index < -0.39 is 17.7 Å². The summed E-state index contributed by atoms with van der Waals surface area (Å²) in [6.45, 7) is 1.08. The fourth-order valence-electron chi connectivity index (χ4n) is 2.62. The Kier molecular flexibility index (Phi) is 7.27. The van der Waals surface area contributed by atoms with Crippen molar-refractivity contribution in [2.24, 2.45) is 0 Å². The maximum Gasteiger partial charge on any atom is 0.416 e. The van der Waals surface area contributed by atoms with Gasteiger partial charge in [-0.15, -0.1) is 0 Å². The smallest absolute Gasteiger partial charge is 0.416 e. The van der Waals surface area contributed by atoms with Crippen molar-refractivity contribution in [3.05, 3.63) is 88.7 Å². The minimum atomic E-state index is -4.33. The Balaban J connectivity index is 0.000000687. The standard InChI is InChI=1S/C21H15F3O.C2H4O2/c1-25-14-18-4-2-3-17-10-7-16(13-20(17)18)6-5-15-8-11-19(12-9-15)21(22,23)24;1-2(3)4/h2,4,7-14H,3H2,1H3;1H3,(H,3,4). The van der Waals surface area contributed by atoms with Gasteiger partial charge in [-0.05, 0) is 53.9 Å². The largest absolute Gasteiger partial charge is 0.504 e. The Morgan fingerprint density at radius 3 is 2.28 bits per heavy atom. The zero-order valence-electron chi connectivity index (χ0n) is 15.9. The third-order valence-corrected chi connectivity index (χ3v) is 3.86. The van der Waals surface area contributed by atoms with E-state index in [2.05, 4.69) is 17.9 Å². The number of benzene rings is 2. The summed E-state index contributed by atoms with van der Waals surface area (Å²) in [6, 6.07) is 10.8. The molecule has 1 aliphatic carbocycles. The fraction of sp³-hybridized carbons (Fsp3) is 0.174. The Bertz CT molecular complexity index is 985. The van der Waals surface area contributed by atoms with E-state index in [4.69, 9.17) is 14.6 Å². The van der Waals surface area contributed by atoms with Crippen molar-refractivity contribution in [1.82, 2.24) is 0 Å². The van der Waals surface area contributed by atoms with Crippen molar-refractivity contribution in [2.75, 3.05) is 7.11 Å². The minimum absolute atomic E-state index is 0.540. The molecule has 3 nitrogen and oxygen atoms in total. The molecule has 0 saturated heterocycles. The van der Waals surface area contributed by atoms with Gasteiger partial charge in [-0.1, -0.05) is 30.1 Å². The highest BCUT2D eigenvalue weighted by molar-refractivity contribution is 5.78. The second-order valence-corrected chi connectivity index (χ2v) is 6.13. The number of ether oxygens (including phenoxy) is 1. The monoisotopic (exact) mass is 400 g/mol. The lowest BCUT2D eigenvalue weighted by molar-refractivity contribution is -0.137. The van der Waals surface area contributed by atoms with Gasteiger partial charge in [-0.2, -0.15) is 13.2 Å². The molecule has 0 aliphatic heterocycles. The van der Waals surface area contributed by atoms with Crippen LogP contribution in [0.25, 0.3) is 5.57 Å². The van der Waals surface area contributed by atoms with Crippen LogP contribution in [0.3, 0.4) is 0 Å². The lowest BCUT2D eigenvalue weighted by Crippen LogP contribution is -2.04. The van der Waals surface area contributed by atoms with Crippen molar-refractivity contribution in [3.63, 3.8) is 0 Å². The number of hydrogen-bond acceptors (Lipinski definition) is 2. The fourth-order valence-corrected chi connectivity index (χ4v) is 2.62. The second-order valence-electron chi connectivity index (χ2n) is 6.13. The Morgan fingerprint density at radius 2 is 1.69 bits per heavy atom. The summed E-state index contributed by atoms with van der Waals surface area (Å²) >= 11 is 0. The molecule has 0 heterocycles. The molecule has 0 aromatic heterocycles. The van der Waals surface area contributed by atoms with E-state index in [1.54, 1.807) is 13.4 Å². The SMILES string of the molecule is CC(=O)O.COC=C1C=CCc2ccc(C#Cc3ccc(C(F)(F)F)cc3)cc21. The van der Waals surface area contributed by atoms with Crippen molar-refractivity contribution in [3.8, 4) is 11.8 Å². The quantitative estimate of drug-likeness (QED) is 0.522. The minimum Gasteiger partial charge on any atom is -0.504 e. The molecule has 2 aromatic carbocycles. The molecule has 0 atom stereocenters. The lowest BCUT2D eigenvalue weighted by atomic mass is 9.91. The molecule has 150 valence electrons. The Hall–Kier alpha value is -3.46. The number of hydrogen-bond donors (Lipinski definition) is 1. The van der Waals surface area contributed by atoms with Crippen molar-refractivity contribution in [2.45, 2.75) is 19.5 Å². The number of alkyl halides is 3. The number of methoxy groups -OCH3 is 1. The molecule has 0 radical (unpaired) electrons. The van der Waals surface area contributed by atoms with Crippen LogP contribution < -0.4 is 0 Å². The molecule has 0 spiro atoms. The van der Waals surface area contributed by atoms with E-state index in [9.17, 15) is 13.2 Å². The first-order valence-electron chi connectivity index (χ1n) is 8.62. The zero-order valence-corrected chi connectivity index (χ0v) is 15.9. The summed E-state index contributed by atoms with van der Waals surface area (Å²) in [7, 11) is 1.60. The van der Waals surface area contributed by atoms with Crippen LogP contribution in [0.2, 0.25) is 0 Å². The van der Waals surface area contributed by atoms with E-state index in [0.717, 1.165) is 42.2 Å². The predicted molar refractivity (Wildman–Crippen MR) is 105 cm³/mol. The summed E-state index contributed by atoms with van der Waals surface area (Å²) in [4.78, 5) is 9.00. The lowest BCUT2D eigenvalue weighted by Gasteiger charge is -2.14. The molecule has 3 rings (SSSR count). The van der Waals surface area contributed by atoms with Gasteiger partial charge in [-0.3, -0.25) is 4.79 Å². The highest BCUT2D eigenvalue weighted by Gasteiger charge is 2.29. The van der Waals surface area contributed by atoms with Crippen molar-refractivity contribution >= 4 is 11.5 Å². The van der Waals surface area contributed by atoms with E-state index in [1.165, 1.54) is 17.7 Å². The van der Waals surface area contributed by atoms with Crippen molar-refractivity contribution in [1.29, 1.82) is 0 Å². The summed E-state index contributed by atoms with van der Waals surface area (Å²) in [5, 5.41) is 7.42. The normalized spacial score (nSPS) is 13.5. The third-order valence-electron chi connectivity index (χ3n) is 3.86. The molecule has 1 aliphatic rings. The highest BCUT2D eigenvalue weighted by Crippen LogP contribution is 2.29.